The summed E-state index contributed by atoms with van der Waals surface area (Å²) in [5.74, 6) is -0.775. The van der Waals surface area contributed by atoms with E-state index in [9.17, 15) is 18.0 Å². The molecule has 2 aliphatic rings. The zero-order valence-corrected chi connectivity index (χ0v) is 22.0. The number of halogens is 3. The van der Waals surface area contributed by atoms with Crippen molar-refractivity contribution < 1.29 is 27.4 Å². The lowest BCUT2D eigenvalue weighted by molar-refractivity contribution is -0.274. The molecule has 10 nitrogen and oxygen atoms in total. The van der Waals surface area contributed by atoms with Crippen LogP contribution in [0.4, 0.5) is 30.5 Å². The number of likely N-dealkylation sites (N-methyl/N-ethyl adjacent to an activating group) is 1. The SMILES string of the molecule is CCOC(=O)c1nn(CC)c2c1CCc1cnc(Nc3cc(N4CCN(C)CC4)ccc3OC(F)(F)F)nc1-2. The topological polar surface area (TPSA) is 97.6 Å². The van der Waals surface area contributed by atoms with Crippen LogP contribution in [0.2, 0.25) is 0 Å². The standard InChI is InChI=1S/C26H30F3N7O3/c1-4-36-23-18(22(33-36)24(37)38-5-2)8-6-16-15-30-25(32-21(16)23)31-19-14-17(35-12-10-34(3)11-13-35)7-9-20(19)39-26(27,28)29/h7,9,14-15H,4-6,8,10-13H2,1-3H3,(H,30,31,32). The normalized spacial score (nSPS) is 15.5. The largest absolute Gasteiger partial charge is 0.573 e. The molecule has 5 rings (SSSR count). The van der Waals surface area contributed by atoms with Gasteiger partial charge in [-0.25, -0.2) is 14.8 Å². The molecule has 208 valence electrons. The molecule has 3 heterocycles. The first-order valence-corrected chi connectivity index (χ1v) is 12.9. The number of fused-ring (bicyclic) bond motifs is 3. The van der Waals surface area contributed by atoms with Crippen LogP contribution in [0.3, 0.4) is 0 Å². The van der Waals surface area contributed by atoms with Crippen LogP contribution in [-0.4, -0.2) is 76.8 Å². The number of rotatable bonds is 7. The Balaban J connectivity index is 1.51. The molecule has 2 aromatic heterocycles. The highest BCUT2D eigenvalue weighted by molar-refractivity contribution is 5.91. The summed E-state index contributed by atoms with van der Waals surface area (Å²) < 4.78 is 50.8. The Morgan fingerprint density at radius 2 is 1.90 bits per heavy atom. The molecule has 0 amide bonds. The zero-order chi connectivity index (χ0) is 27.7. The summed E-state index contributed by atoms with van der Waals surface area (Å²) in [5.41, 5.74) is 3.98. The van der Waals surface area contributed by atoms with Gasteiger partial charge in [-0.05, 0) is 57.5 Å². The summed E-state index contributed by atoms with van der Waals surface area (Å²) in [6.07, 6.45) is -2.05. The van der Waals surface area contributed by atoms with Crippen LogP contribution in [0.5, 0.6) is 5.75 Å². The van der Waals surface area contributed by atoms with Crippen LogP contribution in [0.15, 0.2) is 24.4 Å². The number of nitrogens with zero attached hydrogens (tertiary/aromatic N) is 6. The molecular formula is C26H30F3N7O3. The number of nitrogens with one attached hydrogen (secondary N) is 1. The van der Waals surface area contributed by atoms with E-state index in [0.717, 1.165) is 43.0 Å². The molecule has 1 aliphatic carbocycles. The second-order valence-electron chi connectivity index (χ2n) is 9.42. The molecule has 1 fully saturated rings. The lowest BCUT2D eigenvalue weighted by Gasteiger charge is -2.34. The minimum absolute atomic E-state index is 0.0935. The highest BCUT2D eigenvalue weighted by atomic mass is 19.4. The van der Waals surface area contributed by atoms with Crippen LogP contribution in [0.25, 0.3) is 11.4 Å². The minimum atomic E-state index is -4.87. The number of carbonyl (C=O) groups is 1. The number of ether oxygens (including phenoxy) is 2. The predicted molar refractivity (Wildman–Crippen MR) is 138 cm³/mol. The summed E-state index contributed by atoms with van der Waals surface area (Å²) in [6.45, 7) is 7.55. The molecule has 1 saturated heterocycles. The summed E-state index contributed by atoms with van der Waals surface area (Å²) in [4.78, 5) is 25.9. The number of benzene rings is 1. The van der Waals surface area contributed by atoms with Crippen molar-refractivity contribution in [2.75, 3.05) is 50.1 Å². The monoisotopic (exact) mass is 545 g/mol. The molecule has 39 heavy (non-hydrogen) atoms. The molecular weight excluding hydrogens is 515 g/mol. The van der Waals surface area contributed by atoms with Crippen LogP contribution in [-0.2, 0) is 24.1 Å². The summed E-state index contributed by atoms with van der Waals surface area (Å²) >= 11 is 0. The molecule has 1 aromatic carbocycles. The van der Waals surface area contributed by atoms with E-state index in [0.29, 0.717) is 30.8 Å². The van der Waals surface area contributed by atoms with Crippen LogP contribution in [0.1, 0.15) is 35.5 Å². The molecule has 13 heteroatoms. The second kappa shape index (κ2) is 10.7. The number of hydrogen-bond donors (Lipinski definition) is 1. The van der Waals surface area contributed by atoms with Gasteiger partial charge in [0.05, 0.1) is 23.7 Å². The van der Waals surface area contributed by atoms with Gasteiger partial charge in [-0.2, -0.15) is 5.10 Å². The van der Waals surface area contributed by atoms with E-state index < -0.39 is 12.3 Å². The van der Waals surface area contributed by atoms with Crippen molar-refractivity contribution in [1.29, 1.82) is 0 Å². The summed E-state index contributed by atoms with van der Waals surface area (Å²) in [6, 6.07) is 4.54. The van der Waals surface area contributed by atoms with E-state index in [2.05, 4.69) is 34.9 Å². The van der Waals surface area contributed by atoms with Gasteiger partial charge in [-0.1, -0.05) is 0 Å². The maximum absolute atomic E-state index is 13.2. The van der Waals surface area contributed by atoms with E-state index in [1.54, 1.807) is 29.9 Å². The first-order valence-electron chi connectivity index (χ1n) is 12.9. The average molecular weight is 546 g/mol. The number of anilines is 3. The molecule has 0 saturated carbocycles. The van der Waals surface area contributed by atoms with E-state index in [4.69, 9.17) is 4.74 Å². The van der Waals surface area contributed by atoms with Crippen LogP contribution < -0.4 is 15.0 Å². The van der Waals surface area contributed by atoms with Gasteiger partial charge in [-0.3, -0.25) is 4.68 Å². The van der Waals surface area contributed by atoms with Crippen LogP contribution >= 0.6 is 0 Å². The predicted octanol–water partition coefficient (Wildman–Crippen LogP) is 4.03. The van der Waals surface area contributed by atoms with E-state index in [1.165, 1.54) is 6.07 Å². The van der Waals surface area contributed by atoms with Crippen molar-refractivity contribution in [3.63, 3.8) is 0 Å². The number of aryl methyl sites for hydroxylation is 2. The average Bonchev–Trinajstić information content (AvgIpc) is 3.29. The number of hydrogen-bond acceptors (Lipinski definition) is 9. The third-order valence-corrected chi connectivity index (χ3v) is 6.86. The highest BCUT2D eigenvalue weighted by Gasteiger charge is 2.33. The van der Waals surface area contributed by atoms with Crippen molar-refractivity contribution >= 4 is 23.3 Å². The van der Waals surface area contributed by atoms with Gasteiger partial charge in [0.1, 0.15) is 0 Å². The Kier molecular flexibility index (Phi) is 7.34. The van der Waals surface area contributed by atoms with Gasteiger partial charge in [0, 0.05) is 50.2 Å². The Morgan fingerprint density at radius 3 is 2.59 bits per heavy atom. The van der Waals surface area contributed by atoms with Crippen molar-refractivity contribution in [3.05, 3.63) is 41.2 Å². The maximum Gasteiger partial charge on any atom is 0.573 e. The van der Waals surface area contributed by atoms with Crippen molar-refractivity contribution in [2.24, 2.45) is 0 Å². The van der Waals surface area contributed by atoms with Gasteiger partial charge in [0.15, 0.2) is 11.4 Å². The first kappa shape index (κ1) is 26.7. The number of carbonyl (C=O) groups excluding carboxylic acids is 1. The van der Waals surface area contributed by atoms with Crippen LogP contribution in [0, 0.1) is 0 Å². The van der Waals surface area contributed by atoms with E-state index in [-0.39, 0.29) is 29.7 Å². The van der Waals surface area contributed by atoms with Gasteiger partial charge < -0.3 is 24.6 Å². The molecule has 0 atom stereocenters. The van der Waals surface area contributed by atoms with Gasteiger partial charge in [-0.15, -0.1) is 13.2 Å². The minimum Gasteiger partial charge on any atom is -0.461 e. The molecule has 0 bridgehead atoms. The Morgan fingerprint density at radius 1 is 1.13 bits per heavy atom. The number of esters is 1. The van der Waals surface area contributed by atoms with Gasteiger partial charge >= 0.3 is 12.3 Å². The van der Waals surface area contributed by atoms with E-state index in [1.807, 2.05) is 14.0 Å². The molecule has 0 spiro atoms. The lowest BCUT2D eigenvalue weighted by Crippen LogP contribution is -2.44. The van der Waals surface area contributed by atoms with Crippen molar-refractivity contribution in [2.45, 2.75) is 39.6 Å². The first-order chi connectivity index (χ1) is 18.7. The van der Waals surface area contributed by atoms with Gasteiger partial charge in [0.25, 0.3) is 0 Å². The zero-order valence-electron chi connectivity index (χ0n) is 22.0. The quantitative estimate of drug-likeness (QED) is 0.442. The molecule has 0 unspecified atom stereocenters. The highest BCUT2D eigenvalue weighted by Crippen LogP contribution is 2.38. The molecule has 1 N–H and O–H groups in total. The molecule has 3 aromatic rings. The summed E-state index contributed by atoms with van der Waals surface area (Å²) in [7, 11) is 2.03. The molecule has 0 radical (unpaired) electrons. The van der Waals surface area contributed by atoms with Crippen molar-refractivity contribution in [1.82, 2.24) is 24.6 Å². The number of piperazine rings is 1. The summed E-state index contributed by atoms with van der Waals surface area (Å²) in [5, 5.41) is 7.42. The van der Waals surface area contributed by atoms with E-state index >= 15 is 0 Å². The Hall–Kier alpha value is -3.87. The smallest absolute Gasteiger partial charge is 0.461 e. The Bertz CT molecular complexity index is 1370. The fraction of sp³-hybridized carbons (Fsp3) is 0.462. The Labute approximate surface area is 223 Å². The third-order valence-electron chi connectivity index (χ3n) is 6.86. The number of aromatic nitrogens is 4. The maximum atomic E-state index is 13.2. The lowest BCUT2D eigenvalue weighted by atomic mass is 9.93. The van der Waals surface area contributed by atoms with Crippen molar-refractivity contribution in [3.8, 4) is 17.1 Å². The fourth-order valence-electron chi connectivity index (χ4n) is 4.92. The van der Waals surface area contributed by atoms with Gasteiger partial charge in [0.2, 0.25) is 5.95 Å². The molecule has 1 aliphatic heterocycles. The fourth-order valence-corrected chi connectivity index (χ4v) is 4.92. The second-order valence-corrected chi connectivity index (χ2v) is 9.42. The number of alkyl halides is 3. The third kappa shape index (κ3) is 5.63.